The minimum absolute atomic E-state index is 0.103. The molecule has 4 aromatic rings. The summed E-state index contributed by atoms with van der Waals surface area (Å²) in [4.78, 5) is 25.4. The number of fused-ring (bicyclic) bond motifs is 1. The van der Waals surface area contributed by atoms with Crippen LogP contribution in [-0.4, -0.2) is 89.0 Å². The summed E-state index contributed by atoms with van der Waals surface area (Å²) in [5.41, 5.74) is 8.11. The number of piperidine rings is 1. The van der Waals surface area contributed by atoms with Crippen LogP contribution in [0, 0.1) is 0 Å². The third-order valence-electron chi connectivity index (χ3n) is 7.87. The number of anilines is 2. The number of nitrogen functional groups attached to an aromatic ring is 1. The van der Waals surface area contributed by atoms with Crippen molar-refractivity contribution in [2.45, 2.75) is 31.7 Å². The van der Waals surface area contributed by atoms with E-state index in [2.05, 4.69) is 25.3 Å². The molecule has 3 N–H and O–H groups in total. The van der Waals surface area contributed by atoms with E-state index in [1.54, 1.807) is 10.6 Å². The lowest BCUT2D eigenvalue weighted by Crippen LogP contribution is -2.47. The van der Waals surface area contributed by atoms with Gasteiger partial charge in [0.1, 0.15) is 34.8 Å². The number of carbonyl (C=O) groups excluding carboxylic acids is 1. The number of carbonyl (C=O) groups is 1. The first-order valence-electron chi connectivity index (χ1n) is 14.6. The number of amides is 1. The molecule has 0 bridgehead atoms. The molecule has 1 unspecified atom stereocenters. The van der Waals surface area contributed by atoms with E-state index in [0.29, 0.717) is 68.2 Å². The highest BCUT2D eigenvalue weighted by Crippen LogP contribution is 2.37. The molecule has 1 atom stereocenters. The maximum Gasteiger partial charge on any atom is 0.280 e. The van der Waals surface area contributed by atoms with Gasteiger partial charge in [0.25, 0.3) is 18.8 Å². The van der Waals surface area contributed by atoms with Crippen LogP contribution in [0.15, 0.2) is 36.8 Å². The summed E-state index contributed by atoms with van der Waals surface area (Å²) in [5.74, 6) is -0.138. The summed E-state index contributed by atoms with van der Waals surface area (Å²) in [6.07, 6.45) is -1.49. The number of hydrogen-bond acceptors (Lipinski definition) is 10. The van der Waals surface area contributed by atoms with Crippen molar-refractivity contribution >= 4 is 34.3 Å². The quantitative estimate of drug-likeness (QED) is 0.241. The van der Waals surface area contributed by atoms with E-state index in [9.17, 15) is 22.4 Å². The fourth-order valence-corrected chi connectivity index (χ4v) is 6.52. The second-order valence-corrected chi connectivity index (χ2v) is 11.9. The Kier molecular flexibility index (Phi) is 9.32. The maximum absolute atomic E-state index is 13.6. The Morgan fingerprint density at radius 1 is 1.13 bits per heavy atom. The van der Waals surface area contributed by atoms with E-state index in [1.807, 2.05) is 11.0 Å². The second kappa shape index (κ2) is 13.5. The first kappa shape index (κ1) is 31.0. The Morgan fingerprint density at radius 2 is 1.96 bits per heavy atom. The lowest BCUT2D eigenvalue weighted by atomic mass is 10.0. The molecule has 0 spiro atoms. The standard InChI is InChI=1S/C29H32F4N8O3S/c30-26(31)19-12-17(3-4-35-19)20-13-21(24-28(34)36-16-37-41(20)24)40-5-1-2-18(15-40)38-29(42)25-22(14-23(45-25)27(32)33)44-11-8-39-6-9-43-10-7-39/h3-4,12-14,16,18,26-27H,1-2,5-11,15H2,(H,38,42)(H2,34,36,37). The van der Waals surface area contributed by atoms with Gasteiger partial charge < -0.3 is 25.4 Å². The first-order chi connectivity index (χ1) is 21.8. The normalized spacial score (nSPS) is 17.8. The van der Waals surface area contributed by atoms with Gasteiger partial charge in [0.05, 0.1) is 29.5 Å². The van der Waals surface area contributed by atoms with Gasteiger partial charge in [-0.3, -0.25) is 14.7 Å². The summed E-state index contributed by atoms with van der Waals surface area (Å²) in [5, 5.41) is 7.34. The van der Waals surface area contributed by atoms with Crippen LogP contribution in [0.1, 0.15) is 45.9 Å². The number of nitrogens with one attached hydrogen (secondary N) is 1. The molecule has 0 aromatic carbocycles. The zero-order valence-electron chi connectivity index (χ0n) is 24.2. The van der Waals surface area contributed by atoms with E-state index >= 15 is 0 Å². The third-order valence-corrected chi connectivity index (χ3v) is 8.99. The molecule has 4 aromatic heterocycles. The molecule has 1 amide bonds. The van der Waals surface area contributed by atoms with Gasteiger partial charge in [0.15, 0.2) is 5.82 Å². The van der Waals surface area contributed by atoms with Crippen LogP contribution in [0.25, 0.3) is 16.8 Å². The number of thiophene rings is 1. The van der Waals surface area contributed by atoms with Gasteiger partial charge in [-0.25, -0.2) is 27.1 Å². The summed E-state index contributed by atoms with van der Waals surface area (Å²) in [6.45, 7) is 4.63. The van der Waals surface area contributed by atoms with Crippen molar-refractivity contribution in [3.05, 3.63) is 52.2 Å². The Balaban J connectivity index is 1.20. The highest BCUT2D eigenvalue weighted by atomic mass is 32.1. The summed E-state index contributed by atoms with van der Waals surface area (Å²) in [7, 11) is 0. The molecule has 2 saturated heterocycles. The summed E-state index contributed by atoms with van der Waals surface area (Å²) in [6, 6.07) is 5.66. The van der Waals surface area contributed by atoms with Crippen LogP contribution in [0.3, 0.4) is 0 Å². The van der Waals surface area contributed by atoms with Gasteiger partial charge in [-0.15, -0.1) is 11.3 Å². The minimum atomic E-state index is -2.74. The first-order valence-corrected chi connectivity index (χ1v) is 15.4. The van der Waals surface area contributed by atoms with Crippen LogP contribution in [0.2, 0.25) is 0 Å². The monoisotopic (exact) mass is 648 g/mol. The molecule has 2 aliphatic rings. The predicted molar refractivity (Wildman–Crippen MR) is 160 cm³/mol. The molecular formula is C29H32F4N8O3S. The van der Waals surface area contributed by atoms with Crippen LogP contribution in [-0.2, 0) is 4.74 Å². The fraction of sp³-hybridized carbons (Fsp3) is 0.448. The average molecular weight is 649 g/mol. The number of ether oxygens (including phenoxy) is 2. The number of nitrogens with two attached hydrogens (primary N) is 1. The van der Waals surface area contributed by atoms with Crippen LogP contribution in [0.5, 0.6) is 5.75 Å². The molecule has 11 nitrogen and oxygen atoms in total. The van der Waals surface area contributed by atoms with Gasteiger partial charge in [-0.2, -0.15) is 5.10 Å². The van der Waals surface area contributed by atoms with Crippen molar-refractivity contribution < 1.29 is 31.8 Å². The molecule has 6 rings (SSSR count). The SMILES string of the molecule is Nc1ncnn2c(-c3ccnc(C(F)F)c3)cc(N3CCCC(NC(=O)c4sc(C(F)F)cc4OCCN4CCOCC4)C3)c12. The van der Waals surface area contributed by atoms with Gasteiger partial charge in [0.2, 0.25) is 0 Å². The Hall–Kier alpha value is -4.02. The topological polar surface area (TPSA) is 123 Å². The Morgan fingerprint density at radius 3 is 2.73 bits per heavy atom. The van der Waals surface area contributed by atoms with Gasteiger partial charge in [-0.05, 0) is 31.0 Å². The fourth-order valence-electron chi connectivity index (χ4n) is 5.66. The number of pyridine rings is 1. The van der Waals surface area contributed by atoms with Crippen molar-refractivity contribution in [3.8, 4) is 17.0 Å². The van der Waals surface area contributed by atoms with Crippen LogP contribution < -0.4 is 20.7 Å². The van der Waals surface area contributed by atoms with Crippen LogP contribution >= 0.6 is 11.3 Å². The number of aromatic nitrogens is 4. The molecule has 0 radical (unpaired) electrons. The van der Waals surface area contributed by atoms with Crippen LogP contribution in [0.4, 0.5) is 29.1 Å². The molecule has 0 aliphatic carbocycles. The van der Waals surface area contributed by atoms with Gasteiger partial charge in [0, 0.05) is 56.6 Å². The molecule has 16 heteroatoms. The highest BCUT2D eigenvalue weighted by molar-refractivity contribution is 7.14. The minimum Gasteiger partial charge on any atom is -0.491 e. The van der Waals surface area contributed by atoms with Gasteiger partial charge in [-0.1, -0.05) is 0 Å². The zero-order chi connectivity index (χ0) is 31.5. The van der Waals surface area contributed by atoms with Crippen molar-refractivity contribution in [1.29, 1.82) is 0 Å². The average Bonchev–Trinajstić information content (AvgIpc) is 3.65. The molecular weight excluding hydrogens is 616 g/mol. The van der Waals surface area contributed by atoms with Crippen molar-refractivity contribution in [2.75, 3.05) is 63.2 Å². The molecule has 6 heterocycles. The van der Waals surface area contributed by atoms with E-state index < -0.39 is 18.8 Å². The molecule has 45 heavy (non-hydrogen) atoms. The Bertz CT molecular complexity index is 1640. The summed E-state index contributed by atoms with van der Waals surface area (Å²) >= 11 is 0.726. The number of alkyl halides is 4. The predicted octanol–water partition coefficient (Wildman–Crippen LogP) is 4.42. The van der Waals surface area contributed by atoms with E-state index in [1.165, 1.54) is 24.7 Å². The molecule has 2 fully saturated rings. The maximum atomic E-state index is 13.6. The molecule has 2 aliphatic heterocycles. The van der Waals surface area contributed by atoms with Crippen molar-refractivity contribution in [3.63, 3.8) is 0 Å². The zero-order valence-corrected chi connectivity index (χ0v) is 25.0. The second-order valence-electron chi connectivity index (χ2n) is 10.8. The lowest BCUT2D eigenvalue weighted by Gasteiger charge is -2.34. The number of halogens is 4. The number of hydrogen-bond donors (Lipinski definition) is 2. The highest BCUT2D eigenvalue weighted by Gasteiger charge is 2.29. The largest absolute Gasteiger partial charge is 0.491 e. The number of nitrogens with zero attached hydrogens (tertiary/aromatic N) is 6. The Labute approximate surface area is 259 Å². The third kappa shape index (κ3) is 6.82. The lowest BCUT2D eigenvalue weighted by molar-refractivity contribution is 0.0322. The van der Waals surface area contributed by atoms with Crippen molar-refractivity contribution in [2.24, 2.45) is 0 Å². The summed E-state index contributed by atoms with van der Waals surface area (Å²) < 4.78 is 66.8. The van der Waals surface area contributed by atoms with E-state index in [0.717, 1.165) is 24.4 Å². The molecule has 0 saturated carbocycles. The number of morpholine rings is 1. The number of rotatable bonds is 10. The van der Waals surface area contributed by atoms with E-state index in [4.69, 9.17) is 15.2 Å². The smallest absolute Gasteiger partial charge is 0.280 e. The van der Waals surface area contributed by atoms with Gasteiger partial charge >= 0.3 is 0 Å². The molecule has 240 valence electrons. The van der Waals surface area contributed by atoms with Crippen molar-refractivity contribution in [1.82, 2.24) is 29.8 Å². The van der Waals surface area contributed by atoms with E-state index in [-0.39, 0.29) is 39.7 Å².